The molecule has 2 aromatic rings. The van der Waals surface area contributed by atoms with Crippen LogP contribution in [0.1, 0.15) is 59.2 Å². The lowest BCUT2D eigenvalue weighted by Gasteiger charge is -2.33. The molecule has 2 saturated heterocycles. The molecule has 32 heavy (non-hydrogen) atoms. The Balaban J connectivity index is 1.26. The summed E-state index contributed by atoms with van der Waals surface area (Å²) in [4.78, 5) is 28.6. The van der Waals surface area contributed by atoms with Crippen LogP contribution in [0.5, 0.6) is 0 Å². The van der Waals surface area contributed by atoms with Crippen LogP contribution in [-0.2, 0) is 22.7 Å². The molecular formula is C25H28ClN3O2S. The van der Waals surface area contributed by atoms with Crippen LogP contribution in [0.3, 0.4) is 0 Å². The first-order valence-corrected chi connectivity index (χ1v) is 12.3. The summed E-state index contributed by atoms with van der Waals surface area (Å²) in [5.74, 6) is 0.141. The predicted octanol–water partition coefficient (Wildman–Crippen LogP) is 4.27. The Morgan fingerprint density at radius 2 is 1.75 bits per heavy atom. The van der Waals surface area contributed by atoms with Gasteiger partial charge in [-0.15, -0.1) is 0 Å². The number of fused-ring (bicyclic) bond motifs is 1. The summed E-state index contributed by atoms with van der Waals surface area (Å²) in [6, 6.07) is 14.3. The number of hydrogen-bond donors (Lipinski definition) is 2. The van der Waals surface area contributed by atoms with Crippen molar-refractivity contribution >= 4 is 36.0 Å². The topological polar surface area (TPSA) is 52.7 Å². The number of benzene rings is 2. The molecule has 168 valence electrons. The van der Waals surface area contributed by atoms with Crippen molar-refractivity contribution in [2.75, 3.05) is 13.1 Å². The molecule has 0 saturated carbocycles. The quantitative estimate of drug-likeness (QED) is 0.518. The number of likely N-dealkylation sites (tertiary alicyclic amines) is 1. The normalized spacial score (nSPS) is 25.1. The molecule has 3 heterocycles. The van der Waals surface area contributed by atoms with E-state index in [0.717, 1.165) is 37.5 Å². The van der Waals surface area contributed by atoms with Crippen molar-refractivity contribution in [2.24, 2.45) is 0 Å². The van der Waals surface area contributed by atoms with E-state index in [1.807, 2.05) is 12.1 Å². The largest absolute Gasteiger partial charge is 0.299 e. The van der Waals surface area contributed by atoms with Crippen LogP contribution in [0, 0.1) is 0 Å². The summed E-state index contributed by atoms with van der Waals surface area (Å²) in [6.07, 6.45) is 3.16. The molecule has 2 fully saturated rings. The molecule has 2 aromatic carbocycles. The van der Waals surface area contributed by atoms with Gasteiger partial charge in [0.2, 0.25) is 11.8 Å². The van der Waals surface area contributed by atoms with E-state index >= 15 is 0 Å². The van der Waals surface area contributed by atoms with Gasteiger partial charge in [0.25, 0.3) is 0 Å². The molecule has 7 heteroatoms. The van der Waals surface area contributed by atoms with Crippen molar-refractivity contribution < 1.29 is 9.59 Å². The van der Waals surface area contributed by atoms with Crippen molar-refractivity contribution in [2.45, 2.75) is 56.1 Å². The maximum Gasteiger partial charge on any atom is 0.243 e. The molecule has 0 bridgehead atoms. The highest BCUT2D eigenvalue weighted by Crippen LogP contribution is 2.41. The number of carbonyl (C=O) groups is 2. The highest BCUT2D eigenvalue weighted by atomic mass is 35.5. The van der Waals surface area contributed by atoms with Gasteiger partial charge >= 0.3 is 0 Å². The predicted molar refractivity (Wildman–Crippen MR) is 129 cm³/mol. The Morgan fingerprint density at radius 1 is 1.00 bits per heavy atom. The number of nitrogens with one attached hydrogen (secondary N) is 1. The number of imide groups is 1. The lowest BCUT2D eigenvalue weighted by atomic mass is 9.89. The summed E-state index contributed by atoms with van der Waals surface area (Å²) in [6.45, 7) is 3.69. The molecule has 2 atom stereocenters. The van der Waals surface area contributed by atoms with Crippen molar-refractivity contribution in [3.05, 3.63) is 69.7 Å². The lowest BCUT2D eigenvalue weighted by molar-refractivity contribution is -0.137. The van der Waals surface area contributed by atoms with E-state index in [1.165, 1.54) is 22.3 Å². The summed E-state index contributed by atoms with van der Waals surface area (Å²) in [5, 5.41) is 3.23. The van der Waals surface area contributed by atoms with E-state index in [1.54, 1.807) is 0 Å². The Morgan fingerprint density at radius 3 is 2.50 bits per heavy atom. The number of hydrogen-bond acceptors (Lipinski definition) is 5. The van der Waals surface area contributed by atoms with Crippen molar-refractivity contribution in [3.8, 4) is 0 Å². The van der Waals surface area contributed by atoms with Crippen molar-refractivity contribution in [1.82, 2.24) is 15.1 Å². The maximum absolute atomic E-state index is 12.4. The fourth-order valence-electron chi connectivity index (χ4n) is 5.41. The molecule has 0 spiro atoms. The van der Waals surface area contributed by atoms with E-state index in [4.69, 9.17) is 24.2 Å². The van der Waals surface area contributed by atoms with Crippen molar-refractivity contribution in [1.29, 1.82) is 0 Å². The van der Waals surface area contributed by atoms with Gasteiger partial charge in [-0.2, -0.15) is 12.6 Å². The minimum atomic E-state index is -0.304. The van der Waals surface area contributed by atoms with Crippen LogP contribution in [0.15, 0.2) is 42.5 Å². The molecule has 3 aliphatic heterocycles. The van der Waals surface area contributed by atoms with Crippen LogP contribution in [-0.4, -0.2) is 40.7 Å². The van der Waals surface area contributed by atoms with Gasteiger partial charge in [0.05, 0.1) is 11.4 Å². The third-order valence-electron chi connectivity index (χ3n) is 7.18. The third-order valence-corrected chi connectivity index (χ3v) is 8.10. The fraction of sp³-hybridized carbons (Fsp3) is 0.440. The number of nitrogens with zero attached hydrogens (tertiary/aromatic N) is 2. The van der Waals surface area contributed by atoms with E-state index in [2.05, 4.69) is 45.4 Å². The molecule has 2 unspecified atom stereocenters. The van der Waals surface area contributed by atoms with Gasteiger partial charge < -0.3 is 0 Å². The second-order valence-electron chi connectivity index (χ2n) is 9.07. The van der Waals surface area contributed by atoms with E-state index in [0.29, 0.717) is 25.3 Å². The Bertz CT molecular complexity index is 1040. The first-order valence-electron chi connectivity index (χ1n) is 11.4. The number of halogens is 1. The zero-order chi connectivity index (χ0) is 22.2. The van der Waals surface area contributed by atoms with Gasteiger partial charge in [-0.3, -0.25) is 24.7 Å². The second kappa shape index (κ2) is 9.18. The van der Waals surface area contributed by atoms with Crippen LogP contribution in [0.25, 0.3) is 0 Å². The number of amides is 2. The molecule has 1 N–H and O–H groups in total. The zero-order valence-electron chi connectivity index (χ0n) is 18.0. The summed E-state index contributed by atoms with van der Waals surface area (Å²) in [7, 11) is 0. The lowest BCUT2D eigenvalue weighted by Crippen LogP contribution is -2.51. The highest BCUT2D eigenvalue weighted by molar-refractivity contribution is 7.80. The summed E-state index contributed by atoms with van der Waals surface area (Å²) >= 11 is 11.3. The van der Waals surface area contributed by atoms with Gasteiger partial charge in [-0.05, 0) is 66.6 Å². The average Bonchev–Trinajstić information content (AvgIpc) is 3.12. The Labute approximate surface area is 199 Å². The Kier molecular flexibility index (Phi) is 6.30. The zero-order valence-corrected chi connectivity index (χ0v) is 19.6. The minimum Gasteiger partial charge on any atom is -0.299 e. The monoisotopic (exact) mass is 469 g/mol. The molecule has 5 nitrogen and oxygen atoms in total. The number of carbonyl (C=O) groups excluding carboxylic acids is 2. The van der Waals surface area contributed by atoms with Gasteiger partial charge in [0.15, 0.2) is 0 Å². The van der Waals surface area contributed by atoms with Gasteiger partial charge in [0.1, 0.15) is 0 Å². The number of thiol groups is 1. The third kappa shape index (κ3) is 4.21. The first kappa shape index (κ1) is 22.0. The molecule has 0 aliphatic carbocycles. The van der Waals surface area contributed by atoms with Crippen molar-refractivity contribution in [3.63, 3.8) is 0 Å². The molecule has 0 aromatic heterocycles. The molecular weight excluding hydrogens is 442 g/mol. The van der Waals surface area contributed by atoms with E-state index < -0.39 is 0 Å². The molecule has 5 rings (SSSR count). The van der Waals surface area contributed by atoms with Crippen LogP contribution in [0.4, 0.5) is 0 Å². The van der Waals surface area contributed by atoms with Crippen LogP contribution >= 0.6 is 24.2 Å². The summed E-state index contributed by atoms with van der Waals surface area (Å²) in [5.41, 5.74) is 5.05. The SMILES string of the molecule is O=C1CCC(N2Cc3c(CN4CCC(c5ccccc5Cl)CC4)cccc3C2S)C(=O)N1. The second-order valence-corrected chi connectivity index (χ2v) is 9.97. The van der Waals surface area contributed by atoms with Crippen LogP contribution in [0.2, 0.25) is 5.02 Å². The minimum absolute atomic E-state index is 0.125. The molecule has 3 aliphatic rings. The highest BCUT2D eigenvalue weighted by Gasteiger charge is 2.39. The number of piperidine rings is 2. The van der Waals surface area contributed by atoms with E-state index in [-0.39, 0.29) is 23.2 Å². The van der Waals surface area contributed by atoms with Gasteiger partial charge in [-0.1, -0.05) is 48.0 Å². The number of rotatable bonds is 4. The first-order chi connectivity index (χ1) is 15.5. The smallest absolute Gasteiger partial charge is 0.243 e. The average molecular weight is 470 g/mol. The van der Waals surface area contributed by atoms with Gasteiger partial charge in [0, 0.05) is 24.5 Å². The van der Waals surface area contributed by atoms with Crippen LogP contribution < -0.4 is 5.32 Å². The van der Waals surface area contributed by atoms with Gasteiger partial charge in [-0.25, -0.2) is 0 Å². The Hall–Kier alpha value is -1.86. The summed E-state index contributed by atoms with van der Waals surface area (Å²) < 4.78 is 0. The molecule has 0 radical (unpaired) electrons. The fourth-order valence-corrected chi connectivity index (χ4v) is 6.19. The maximum atomic E-state index is 12.4. The standard InChI is InChI=1S/C25H28ClN3O2S/c26-21-7-2-1-5-18(21)16-10-12-28(13-11-16)14-17-4-3-6-19-20(17)15-29(25(19)32)22-8-9-23(30)27-24(22)31/h1-7,16,22,25,32H,8-15H2,(H,27,30,31). The molecule has 2 amide bonds. The van der Waals surface area contributed by atoms with E-state index in [9.17, 15) is 9.59 Å².